The van der Waals surface area contributed by atoms with Crippen LogP contribution in [0.2, 0.25) is 0 Å². The van der Waals surface area contributed by atoms with Gasteiger partial charge in [-0.05, 0) is 22.5 Å². The monoisotopic (exact) mass is 247 g/mol. The minimum atomic E-state index is -0.858. The van der Waals surface area contributed by atoms with Gasteiger partial charge in [0.25, 0.3) is 0 Å². The molecule has 0 fully saturated rings. The van der Waals surface area contributed by atoms with Crippen LogP contribution in [0.25, 0.3) is 0 Å². The highest BCUT2D eigenvalue weighted by molar-refractivity contribution is 9.10. The zero-order chi connectivity index (χ0) is 9.84. The number of hydrogen-bond donors (Lipinski definition) is 2. The molecular formula is C8H10BrNO3. The van der Waals surface area contributed by atoms with Gasteiger partial charge in [-0.3, -0.25) is 4.79 Å². The lowest BCUT2D eigenvalue weighted by Crippen LogP contribution is -2.16. The maximum atomic E-state index is 10.5. The Kier molecular flexibility index (Phi) is 3.50. The normalized spacial score (nSPS) is 12.8. The molecule has 3 N–H and O–H groups in total. The van der Waals surface area contributed by atoms with Crippen LogP contribution < -0.4 is 5.73 Å². The maximum Gasteiger partial charge on any atom is 0.304 e. The van der Waals surface area contributed by atoms with Gasteiger partial charge in [-0.25, -0.2) is 0 Å². The molecule has 1 heterocycles. The second kappa shape index (κ2) is 4.43. The number of hydrogen-bond acceptors (Lipinski definition) is 3. The number of carboxylic acids is 1. The Bertz CT molecular complexity index is 297. The van der Waals surface area contributed by atoms with Crippen molar-refractivity contribution in [2.45, 2.75) is 12.3 Å². The molecule has 13 heavy (non-hydrogen) atoms. The van der Waals surface area contributed by atoms with E-state index < -0.39 is 5.97 Å². The van der Waals surface area contributed by atoms with Crippen molar-refractivity contribution in [2.24, 2.45) is 5.73 Å². The summed E-state index contributed by atoms with van der Waals surface area (Å²) in [5.74, 6) is -1.05. The third-order valence-electron chi connectivity index (χ3n) is 1.79. The summed E-state index contributed by atoms with van der Waals surface area (Å²) >= 11 is 3.26. The first-order chi connectivity index (χ1) is 6.15. The van der Waals surface area contributed by atoms with Gasteiger partial charge in [0.1, 0.15) is 6.26 Å². The highest BCUT2D eigenvalue weighted by atomic mass is 79.9. The molecule has 0 saturated heterocycles. The zero-order valence-electron chi connectivity index (χ0n) is 6.87. The molecule has 72 valence electrons. The molecule has 0 saturated carbocycles. The first-order valence-electron chi connectivity index (χ1n) is 3.78. The van der Waals surface area contributed by atoms with Gasteiger partial charge in [0.15, 0.2) is 0 Å². The molecule has 4 nitrogen and oxygen atoms in total. The predicted molar refractivity (Wildman–Crippen MR) is 50.5 cm³/mol. The Hall–Kier alpha value is -0.810. The van der Waals surface area contributed by atoms with E-state index in [0.717, 1.165) is 10.0 Å². The van der Waals surface area contributed by atoms with Crippen LogP contribution in [0.4, 0.5) is 0 Å². The van der Waals surface area contributed by atoms with Gasteiger partial charge < -0.3 is 15.3 Å². The van der Waals surface area contributed by atoms with Crippen molar-refractivity contribution in [1.29, 1.82) is 0 Å². The number of carbonyl (C=O) groups is 1. The average Bonchev–Trinajstić information content (AvgIpc) is 2.47. The van der Waals surface area contributed by atoms with Crippen molar-refractivity contribution in [3.63, 3.8) is 0 Å². The summed E-state index contributed by atoms with van der Waals surface area (Å²) in [7, 11) is 0. The number of aliphatic carboxylic acids is 1. The van der Waals surface area contributed by atoms with Crippen molar-refractivity contribution in [2.75, 3.05) is 6.54 Å². The number of halogens is 1. The summed E-state index contributed by atoms with van der Waals surface area (Å²) < 4.78 is 5.68. The molecule has 5 heteroatoms. The van der Waals surface area contributed by atoms with Gasteiger partial charge in [-0.15, -0.1) is 0 Å². The highest BCUT2D eigenvalue weighted by Gasteiger charge is 2.17. The summed E-state index contributed by atoms with van der Waals surface area (Å²) in [6.45, 7) is 0.296. The van der Waals surface area contributed by atoms with Crippen LogP contribution in [0, 0.1) is 0 Å². The molecule has 1 aromatic heterocycles. The average molecular weight is 248 g/mol. The first-order valence-corrected chi connectivity index (χ1v) is 4.58. The van der Waals surface area contributed by atoms with Crippen molar-refractivity contribution >= 4 is 21.9 Å². The molecule has 0 spiro atoms. The Morgan fingerprint density at radius 3 is 2.77 bits per heavy atom. The molecule has 0 aliphatic rings. The lowest BCUT2D eigenvalue weighted by Gasteiger charge is -2.09. The van der Waals surface area contributed by atoms with E-state index in [1.807, 2.05) is 0 Å². The Balaban J connectivity index is 2.78. The van der Waals surface area contributed by atoms with Crippen LogP contribution in [0.5, 0.6) is 0 Å². The Morgan fingerprint density at radius 1 is 1.69 bits per heavy atom. The fraction of sp³-hybridized carbons (Fsp3) is 0.375. The van der Waals surface area contributed by atoms with Gasteiger partial charge in [0, 0.05) is 11.5 Å². The molecule has 1 rings (SSSR count). The van der Waals surface area contributed by atoms with Crippen molar-refractivity contribution in [1.82, 2.24) is 0 Å². The number of carboxylic acid groups (broad SMARTS) is 1. The topological polar surface area (TPSA) is 76.5 Å². The summed E-state index contributed by atoms with van der Waals surface area (Å²) in [5.41, 5.74) is 6.27. The summed E-state index contributed by atoms with van der Waals surface area (Å²) in [5, 5.41) is 8.60. The van der Waals surface area contributed by atoms with Crippen LogP contribution in [-0.2, 0) is 4.79 Å². The third kappa shape index (κ3) is 2.57. The molecule has 0 aliphatic carbocycles. The number of nitrogens with two attached hydrogens (primary N) is 1. The fourth-order valence-electron chi connectivity index (χ4n) is 1.11. The third-order valence-corrected chi connectivity index (χ3v) is 2.43. The van der Waals surface area contributed by atoms with Gasteiger partial charge in [0.05, 0.1) is 17.2 Å². The van der Waals surface area contributed by atoms with E-state index >= 15 is 0 Å². The molecule has 0 bridgehead atoms. The van der Waals surface area contributed by atoms with Crippen molar-refractivity contribution in [3.05, 3.63) is 22.6 Å². The molecule has 0 radical (unpaired) electrons. The minimum Gasteiger partial charge on any atom is -0.481 e. The molecule has 0 aliphatic heterocycles. The van der Waals surface area contributed by atoms with Gasteiger partial charge in [-0.2, -0.15) is 0 Å². The minimum absolute atomic E-state index is 0.0225. The standard InChI is InChI=1S/C8H10BrNO3/c9-7-4-13-3-6(7)5(2-10)1-8(11)12/h3-5H,1-2,10H2,(H,11,12). The predicted octanol–water partition coefficient (Wildman–Crippen LogP) is 1.56. The molecule has 0 aromatic carbocycles. The lowest BCUT2D eigenvalue weighted by molar-refractivity contribution is -0.137. The van der Waals surface area contributed by atoms with E-state index in [1.165, 1.54) is 12.5 Å². The first kappa shape index (κ1) is 10.3. The van der Waals surface area contributed by atoms with E-state index in [4.69, 9.17) is 15.3 Å². The van der Waals surface area contributed by atoms with E-state index in [1.54, 1.807) is 0 Å². The maximum absolute atomic E-state index is 10.5. The van der Waals surface area contributed by atoms with Crippen molar-refractivity contribution in [3.8, 4) is 0 Å². The van der Waals surface area contributed by atoms with E-state index in [0.29, 0.717) is 6.54 Å². The largest absolute Gasteiger partial charge is 0.481 e. The number of furan rings is 1. The van der Waals surface area contributed by atoms with E-state index in [9.17, 15) is 4.79 Å². The fourth-order valence-corrected chi connectivity index (χ4v) is 1.64. The highest BCUT2D eigenvalue weighted by Crippen LogP contribution is 2.27. The van der Waals surface area contributed by atoms with Crippen LogP contribution >= 0.6 is 15.9 Å². The molecule has 1 atom stereocenters. The van der Waals surface area contributed by atoms with Crippen LogP contribution in [0.1, 0.15) is 17.9 Å². The van der Waals surface area contributed by atoms with Crippen LogP contribution in [0.15, 0.2) is 21.4 Å². The second-order valence-electron chi connectivity index (χ2n) is 2.71. The smallest absolute Gasteiger partial charge is 0.304 e. The number of rotatable bonds is 4. The Labute approximate surface area is 83.8 Å². The van der Waals surface area contributed by atoms with Crippen LogP contribution in [0.3, 0.4) is 0 Å². The quantitative estimate of drug-likeness (QED) is 0.847. The zero-order valence-corrected chi connectivity index (χ0v) is 8.45. The van der Waals surface area contributed by atoms with Crippen LogP contribution in [-0.4, -0.2) is 17.6 Å². The summed E-state index contributed by atoms with van der Waals surface area (Å²) in [4.78, 5) is 10.5. The molecular weight excluding hydrogens is 238 g/mol. The summed E-state index contributed by atoms with van der Waals surface area (Å²) in [6, 6.07) is 0. The SMILES string of the molecule is NCC(CC(=O)O)c1cocc1Br. The molecule has 1 unspecified atom stereocenters. The molecule has 1 aromatic rings. The van der Waals surface area contributed by atoms with Gasteiger partial charge in [-0.1, -0.05) is 0 Å². The van der Waals surface area contributed by atoms with Crippen molar-refractivity contribution < 1.29 is 14.3 Å². The summed E-state index contributed by atoms with van der Waals surface area (Å²) in [6.07, 6.45) is 3.05. The van der Waals surface area contributed by atoms with Gasteiger partial charge >= 0.3 is 5.97 Å². The van der Waals surface area contributed by atoms with E-state index in [2.05, 4.69) is 15.9 Å². The van der Waals surface area contributed by atoms with E-state index in [-0.39, 0.29) is 12.3 Å². The lowest BCUT2D eigenvalue weighted by atomic mass is 9.99. The molecule has 0 amide bonds. The second-order valence-corrected chi connectivity index (χ2v) is 3.56. The Morgan fingerprint density at radius 2 is 2.38 bits per heavy atom. The van der Waals surface area contributed by atoms with Gasteiger partial charge in [0.2, 0.25) is 0 Å².